The lowest BCUT2D eigenvalue weighted by Crippen LogP contribution is -2.02. The van der Waals surface area contributed by atoms with Crippen LogP contribution in [0.4, 0.5) is 5.82 Å². The molecule has 3 N–H and O–H groups in total. The van der Waals surface area contributed by atoms with Gasteiger partial charge in [-0.2, -0.15) is 0 Å². The van der Waals surface area contributed by atoms with Crippen LogP contribution < -0.4 is 10.5 Å². The predicted molar refractivity (Wildman–Crippen MR) is 204 cm³/mol. The van der Waals surface area contributed by atoms with Gasteiger partial charge in [0, 0.05) is 27.1 Å². The molecule has 0 aliphatic carbocycles. The topological polar surface area (TPSA) is 103 Å². The number of nitrogens with one attached hydrogen (secondary N) is 1. The third-order valence-corrected chi connectivity index (χ3v) is 9.57. The highest BCUT2D eigenvalue weighted by Gasteiger charge is 2.25. The third kappa shape index (κ3) is 4.90. The maximum absolute atomic E-state index is 6.78. The third-order valence-electron chi connectivity index (χ3n) is 9.33. The number of anilines is 1. The number of pyridine rings is 2. The van der Waals surface area contributed by atoms with Crippen molar-refractivity contribution < 1.29 is 4.74 Å². The summed E-state index contributed by atoms with van der Waals surface area (Å²) >= 11 is 6.62. The second kappa shape index (κ2) is 11.7. The van der Waals surface area contributed by atoms with E-state index >= 15 is 0 Å². The van der Waals surface area contributed by atoms with Gasteiger partial charge in [-0.3, -0.25) is 0 Å². The molecule has 0 saturated heterocycles. The zero-order chi connectivity index (χ0) is 33.9. The summed E-state index contributed by atoms with van der Waals surface area (Å²) in [5, 5.41) is 5.12. The Bertz CT molecular complexity index is 2780. The quantitative estimate of drug-likeness (QED) is 0.177. The van der Waals surface area contributed by atoms with E-state index in [1.807, 2.05) is 48.5 Å². The molecule has 0 aliphatic heterocycles. The minimum atomic E-state index is 0.328. The fraction of sp³-hybridized carbons (Fsp3) is 0.0476. The zero-order valence-corrected chi connectivity index (χ0v) is 28.0. The maximum Gasteiger partial charge on any atom is 0.163 e. The van der Waals surface area contributed by atoms with Gasteiger partial charge in [-0.15, -0.1) is 0 Å². The van der Waals surface area contributed by atoms with Gasteiger partial charge in [-0.25, -0.2) is 19.9 Å². The molecule has 0 radical (unpaired) electrons. The summed E-state index contributed by atoms with van der Waals surface area (Å²) in [4.78, 5) is 23.6. The van der Waals surface area contributed by atoms with Gasteiger partial charge in [0.1, 0.15) is 17.9 Å². The Morgan fingerprint density at radius 1 is 0.720 bits per heavy atom. The molecule has 240 valence electrons. The largest absolute Gasteiger partial charge is 0.497 e. The molecule has 0 fully saturated rings. The van der Waals surface area contributed by atoms with Crippen LogP contribution in [0.5, 0.6) is 5.75 Å². The smallest absolute Gasteiger partial charge is 0.163 e. The predicted octanol–water partition coefficient (Wildman–Crippen LogP) is 10.4. The molecule has 4 aromatic heterocycles. The van der Waals surface area contributed by atoms with Gasteiger partial charge in [-0.1, -0.05) is 90.0 Å². The Labute approximate surface area is 292 Å². The summed E-state index contributed by atoms with van der Waals surface area (Å²) in [6.07, 6.45) is 1.51. The molecule has 0 aliphatic rings. The van der Waals surface area contributed by atoms with E-state index in [0.717, 1.165) is 72.0 Å². The van der Waals surface area contributed by atoms with Gasteiger partial charge < -0.3 is 15.5 Å². The van der Waals surface area contributed by atoms with Crippen molar-refractivity contribution in [2.45, 2.75) is 6.92 Å². The van der Waals surface area contributed by atoms with E-state index < -0.39 is 0 Å². The van der Waals surface area contributed by atoms with E-state index in [1.165, 1.54) is 11.9 Å². The van der Waals surface area contributed by atoms with Crippen molar-refractivity contribution in [3.8, 4) is 50.6 Å². The molecule has 0 bridgehead atoms. The molecular formula is C42H29ClN6O. The summed E-state index contributed by atoms with van der Waals surface area (Å²) in [6.45, 7) is 2.08. The average Bonchev–Trinajstić information content (AvgIpc) is 3.52. The van der Waals surface area contributed by atoms with E-state index in [0.29, 0.717) is 33.1 Å². The molecule has 8 heteroatoms. The number of nitrogens with zero attached hydrogens (tertiary/aromatic N) is 4. The first kappa shape index (κ1) is 29.8. The van der Waals surface area contributed by atoms with E-state index in [2.05, 4.69) is 83.6 Å². The fourth-order valence-corrected chi connectivity index (χ4v) is 7.03. The van der Waals surface area contributed by atoms with Crippen molar-refractivity contribution in [3.63, 3.8) is 0 Å². The first-order chi connectivity index (χ1) is 24.4. The molecule has 0 unspecified atom stereocenters. The van der Waals surface area contributed by atoms with Crippen LogP contribution in [0.1, 0.15) is 5.56 Å². The van der Waals surface area contributed by atoms with Gasteiger partial charge in [0.25, 0.3) is 0 Å². The fourth-order valence-electron chi connectivity index (χ4n) is 6.86. The van der Waals surface area contributed by atoms with Crippen LogP contribution in [0.2, 0.25) is 5.02 Å². The monoisotopic (exact) mass is 668 g/mol. The van der Waals surface area contributed by atoms with Crippen LogP contribution in [-0.2, 0) is 0 Å². The number of aryl methyl sites for hydroxylation is 1. The van der Waals surface area contributed by atoms with Crippen molar-refractivity contribution in [2.24, 2.45) is 0 Å². The maximum atomic E-state index is 6.78. The van der Waals surface area contributed by atoms with Crippen LogP contribution in [0.15, 0.2) is 122 Å². The average molecular weight is 669 g/mol. The number of methoxy groups -OCH3 is 1. The lowest BCUT2D eigenvalue weighted by atomic mass is 9.94. The Morgan fingerprint density at radius 3 is 2.32 bits per heavy atom. The standard InChI is InChI=1S/C42H29ClN6O/c1-23-8-10-24(11-9-23)34-21-31(28-13-12-27-19-30(50-2)16-14-26(27)18-28)36-39-37(41(44)46-22-45-39)40(49-42(36)48-34)35-32-20-29(43)15-17-33(32)47-38(35)25-6-4-3-5-7-25/h3-22,47H,1-2H3,(H2,44,45,46). The van der Waals surface area contributed by atoms with Crippen LogP contribution in [0, 0.1) is 6.92 Å². The zero-order valence-electron chi connectivity index (χ0n) is 27.2. The van der Waals surface area contributed by atoms with Gasteiger partial charge in [-0.05, 0) is 76.9 Å². The Hall–Kier alpha value is -6.31. The molecule has 4 heterocycles. The molecule has 0 spiro atoms. The number of nitrogen functional groups attached to an aromatic ring is 1. The second-order valence-corrected chi connectivity index (χ2v) is 12.9. The number of hydrogen-bond acceptors (Lipinski definition) is 6. The SMILES string of the molecule is COc1ccc2cc(-c3cc(-c4ccc(C)cc4)nc4nc(-c5c(-c6ccccc6)[nH]c6ccc(Cl)cc56)c5c(N)ncnc5c34)ccc2c1. The highest BCUT2D eigenvalue weighted by molar-refractivity contribution is 6.32. The molecule has 0 atom stereocenters. The van der Waals surface area contributed by atoms with Crippen molar-refractivity contribution in [1.29, 1.82) is 0 Å². The van der Waals surface area contributed by atoms with E-state index in [9.17, 15) is 0 Å². The van der Waals surface area contributed by atoms with Gasteiger partial charge >= 0.3 is 0 Å². The van der Waals surface area contributed by atoms with Crippen LogP contribution in [0.3, 0.4) is 0 Å². The van der Waals surface area contributed by atoms with Crippen molar-refractivity contribution in [1.82, 2.24) is 24.9 Å². The van der Waals surface area contributed by atoms with Gasteiger partial charge in [0.05, 0.1) is 40.5 Å². The minimum Gasteiger partial charge on any atom is -0.497 e. The lowest BCUT2D eigenvalue weighted by molar-refractivity contribution is 0.415. The molecule has 9 rings (SSSR count). The first-order valence-corrected chi connectivity index (χ1v) is 16.6. The first-order valence-electron chi connectivity index (χ1n) is 16.2. The van der Waals surface area contributed by atoms with E-state index in [4.69, 9.17) is 37.0 Å². The van der Waals surface area contributed by atoms with Crippen LogP contribution in [0.25, 0.3) is 88.5 Å². The van der Waals surface area contributed by atoms with Crippen LogP contribution >= 0.6 is 11.6 Å². The summed E-state index contributed by atoms with van der Waals surface area (Å²) in [6, 6.07) is 39.0. The molecule has 0 saturated carbocycles. The van der Waals surface area contributed by atoms with Gasteiger partial charge in [0.15, 0.2) is 5.65 Å². The minimum absolute atomic E-state index is 0.328. The lowest BCUT2D eigenvalue weighted by Gasteiger charge is -2.16. The number of aromatic amines is 1. The highest BCUT2D eigenvalue weighted by atomic mass is 35.5. The number of ether oxygens (including phenoxy) is 1. The van der Waals surface area contributed by atoms with E-state index in [1.54, 1.807) is 7.11 Å². The van der Waals surface area contributed by atoms with Gasteiger partial charge in [0.2, 0.25) is 0 Å². The molecule has 5 aromatic carbocycles. The molecular weight excluding hydrogens is 640 g/mol. The number of fused-ring (bicyclic) bond motifs is 5. The Morgan fingerprint density at radius 2 is 1.50 bits per heavy atom. The Balaban J connectivity index is 1.42. The number of rotatable bonds is 5. The number of benzene rings is 5. The summed E-state index contributed by atoms with van der Waals surface area (Å²) < 4.78 is 5.49. The van der Waals surface area contributed by atoms with Crippen molar-refractivity contribution in [2.75, 3.05) is 12.8 Å². The number of nitrogens with two attached hydrogens (primary N) is 1. The summed E-state index contributed by atoms with van der Waals surface area (Å²) in [7, 11) is 1.68. The number of halogens is 1. The number of aromatic nitrogens is 5. The van der Waals surface area contributed by atoms with Crippen LogP contribution in [-0.4, -0.2) is 32.0 Å². The summed E-state index contributed by atoms with van der Waals surface area (Å²) in [5.41, 5.74) is 17.2. The highest BCUT2D eigenvalue weighted by Crippen LogP contribution is 2.45. The molecule has 9 aromatic rings. The van der Waals surface area contributed by atoms with Crippen molar-refractivity contribution >= 4 is 61.0 Å². The molecule has 0 amide bonds. The van der Waals surface area contributed by atoms with Crippen molar-refractivity contribution in [3.05, 3.63) is 132 Å². The number of hydrogen-bond donors (Lipinski definition) is 2. The Kier molecular flexibility index (Phi) is 6.96. The molecule has 7 nitrogen and oxygen atoms in total. The molecule has 50 heavy (non-hydrogen) atoms. The number of H-pyrrole nitrogens is 1. The normalized spacial score (nSPS) is 11.6. The summed E-state index contributed by atoms with van der Waals surface area (Å²) in [5.74, 6) is 1.14. The second-order valence-electron chi connectivity index (χ2n) is 12.4. The van der Waals surface area contributed by atoms with E-state index in [-0.39, 0.29) is 0 Å².